The van der Waals surface area contributed by atoms with Gasteiger partial charge in [0.25, 0.3) is 0 Å². The van der Waals surface area contributed by atoms with Gasteiger partial charge in [0.2, 0.25) is 0 Å². The summed E-state index contributed by atoms with van der Waals surface area (Å²) in [6.07, 6.45) is 7.77. The van der Waals surface area contributed by atoms with Crippen LogP contribution in [-0.2, 0) is 0 Å². The molecule has 1 N–H and O–H groups in total. The highest BCUT2D eigenvalue weighted by molar-refractivity contribution is 5.96. The maximum absolute atomic E-state index is 15.3. The van der Waals surface area contributed by atoms with Crippen molar-refractivity contribution in [2.45, 2.75) is 93.4 Å². The molecule has 1 aromatic rings. The Morgan fingerprint density at radius 1 is 1.07 bits per heavy atom. The first-order chi connectivity index (χ1) is 12.8. The van der Waals surface area contributed by atoms with Crippen LogP contribution in [0.25, 0.3) is 0 Å². The normalized spacial score (nSPS) is 46.0. The minimum atomic E-state index is -1.37. The molecule has 7 rings (SSSR count). The first kappa shape index (κ1) is 16.4. The zero-order valence-electron chi connectivity index (χ0n) is 15.8. The van der Waals surface area contributed by atoms with Gasteiger partial charge in [-0.05, 0) is 68.8 Å². The molecule has 4 unspecified atom stereocenters. The van der Waals surface area contributed by atoms with Gasteiger partial charge in [-0.2, -0.15) is 0 Å². The highest BCUT2D eigenvalue weighted by Crippen LogP contribution is 2.63. The van der Waals surface area contributed by atoms with Crippen molar-refractivity contribution in [1.29, 1.82) is 0 Å². The molecule has 6 aliphatic carbocycles. The smallest absolute Gasteiger partial charge is 0.161 e. The molecule has 5 saturated carbocycles. The third kappa shape index (κ3) is 2.23. The summed E-state index contributed by atoms with van der Waals surface area (Å²) in [5, 5.41) is 3.59. The molecule has 144 valence electrons. The maximum atomic E-state index is 15.3. The van der Waals surface area contributed by atoms with E-state index in [0.717, 1.165) is 37.1 Å². The molecule has 0 amide bonds. The van der Waals surface area contributed by atoms with E-state index >= 15 is 8.78 Å². The lowest BCUT2D eigenvalue weighted by molar-refractivity contribution is -0.137. The number of hydrogen-bond donors (Lipinski definition) is 1. The van der Waals surface area contributed by atoms with Crippen LogP contribution >= 0.6 is 0 Å². The monoisotopic (exact) mass is 372 g/mol. The zero-order valence-corrected chi connectivity index (χ0v) is 15.8. The SMILES string of the molecule is CC(=O)c1cnc(NC23CC4CC(F)(CC(F)(C4)C2)C3)c2c1C1CCC2C1. The molecular weight excluding hydrogens is 346 g/mol. The number of fused-ring (bicyclic) bond motifs is 5. The Balaban J connectivity index is 1.42. The molecule has 27 heavy (non-hydrogen) atoms. The highest BCUT2D eigenvalue weighted by Gasteiger charge is 2.65. The number of carbonyl (C=O) groups excluding carboxylic acids is 1. The third-order valence-corrected chi connectivity index (χ3v) is 8.10. The summed E-state index contributed by atoms with van der Waals surface area (Å²) >= 11 is 0. The molecular formula is C22H26F2N2O. The van der Waals surface area contributed by atoms with Crippen molar-refractivity contribution in [2.75, 3.05) is 5.32 Å². The van der Waals surface area contributed by atoms with Crippen LogP contribution in [0, 0.1) is 5.92 Å². The average Bonchev–Trinajstić information content (AvgIpc) is 3.13. The molecule has 1 heterocycles. The first-order valence-corrected chi connectivity index (χ1v) is 10.5. The van der Waals surface area contributed by atoms with Crippen LogP contribution in [0.4, 0.5) is 14.6 Å². The minimum absolute atomic E-state index is 0.0677. The van der Waals surface area contributed by atoms with Crippen molar-refractivity contribution < 1.29 is 13.6 Å². The third-order valence-electron chi connectivity index (χ3n) is 8.10. The number of aromatic nitrogens is 1. The Morgan fingerprint density at radius 3 is 2.37 bits per heavy atom. The number of anilines is 1. The van der Waals surface area contributed by atoms with Gasteiger partial charge in [-0.25, -0.2) is 13.8 Å². The topological polar surface area (TPSA) is 42.0 Å². The molecule has 1 aromatic heterocycles. The van der Waals surface area contributed by atoms with Crippen LogP contribution in [0.3, 0.4) is 0 Å². The fourth-order valence-corrected chi connectivity index (χ4v) is 7.88. The van der Waals surface area contributed by atoms with Crippen LogP contribution in [0.15, 0.2) is 6.20 Å². The number of ketones is 1. The Bertz CT molecular complexity index is 850. The number of pyridine rings is 1. The summed E-state index contributed by atoms with van der Waals surface area (Å²) in [5.41, 5.74) is -0.173. The van der Waals surface area contributed by atoms with Crippen LogP contribution in [-0.4, -0.2) is 27.6 Å². The molecule has 0 aromatic carbocycles. The van der Waals surface area contributed by atoms with Gasteiger partial charge in [-0.3, -0.25) is 4.79 Å². The fourth-order valence-electron chi connectivity index (χ4n) is 7.88. The average molecular weight is 372 g/mol. The van der Waals surface area contributed by atoms with E-state index in [1.54, 1.807) is 13.1 Å². The standard InChI is InChI=1S/C22H26F2N2O/c1-12(27)16-8-25-19(18-15-3-2-14(4-15)17(16)18)26-22-7-13-5-20(23,10-22)9-21(24,6-13)11-22/h8,13-15H,2-7,9-11H2,1H3,(H,25,26). The van der Waals surface area contributed by atoms with Crippen LogP contribution in [0.1, 0.15) is 98.0 Å². The molecule has 3 nitrogen and oxygen atoms in total. The second-order valence-electron chi connectivity index (χ2n) is 10.3. The van der Waals surface area contributed by atoms with Gasteiger partial charge >= 0.3 is 0 Å². The van der Waals surface area contributed by atoms with Gasteiger partial charge in [-0.15, -0.1) is 0 Å². The summed E-state index contributed by atoms with van der Waals surface area (Å²) < 4.78 is 30.7. The number of hydrogen-bond acceptors (Lipinski definition) is 3. The molecule has 5 heteroatoms. The summed E-state index contributed by atoms with van der Waals surface area (Å²) in [7, 11) is 0. The number of nitrogens with zero attached hydrogens (tertiary/aromatic N) is 1. The molecule has 6 bridgehead atoms. The molecule has 0 saturated heterocycles. The Morgan fingerprint density at radius 2 is 1.74 bits per heavy atom. The molecule has 0 spiro atoms. The van der Waals surface area contributed by atoms with Crippen molar-refractivity contribution in [3.63, 3.8) is 0 Å². The summed E-state index contributed by atoms with van der Waals surface area (Å²) in [4.78, 5) is 16.8. The van der Waals surface area contributed by atoms with Gasteiger partial charge in [0.1, 0.15) is 17.2 Å². The molecule has 5 fully saturated rings. The van der Waals surface area contributed by atoms with Crippen molar-refractivity contribution in [2.24, 2.45) is 5.92 Å². The molecule has 0 aliphatic heterocycles. The van der Waals surface area contributed by atoms with E-state index in [9.17, 15) is 4.79 Å². The van der Waals surface area contributed by atoms with Gasteiger partial charge in [0.05, 0.1) is 0 Å². The lowest BCUT2D eigenvalue weighted by Gasteiger charge is -2.61. The number of carbonyl (C=O) groups is 1. The number of alkyl halides is 2. The summed E-state index contributed by atoms with van der Waals surface area (Å²) in [6.45, 7) is 1.61. The lowest BCUT2D eigenvalue weighted by Crippen LogP contribution is -2.65. The van der Waals surface area contributed by atoms with Gasteiger partial charge in [-0.1, -0.05) is 0 Å². The number of halogens is 2. The second kappa shape index (κ2) is 4.90. The van der Waals surface area contributed by atoms with E-state index < -0.39 is 16.9 Å². The Kier molecular flexibility index (Phi) is 2.98. The molecule has 4 atom stereocenters. The number of nitrogens with one attached hydrogen (secondary N) is 1. The Hall–Kier alpha value is -1.52. The van der Waals surface area contributed by atoms with Gasteiger partial charge in [0, 0.05) is 42.1 Å². The predicted octanol–water partition coefficient (Wildman–Crippen LogP) is 5.21. The van der Waals surface area contributed by atoms with E-state index in [1.807, 2.05) is 0 Å². The van der Waals surface area contributed by atoms with Crippen molar-refractivity contribution >= 4 is 11.6 Å². The largest absolute Gasteiger partial charge is 0.364 e. The van der Waals surface area contributed by atoms with Crippen molar-refractivity contribution in [1.82, 2.24) is 4.98 Å². The van der Waals surface area contributed by atoms with Crippen molar-refractivity contribution in [3.05, 3.63) is 22.9 Å². The van der Waals surface area contributed by atoms with Crippen LogP contribution < -0.4 is 5.32 Å². The quantitative estimate of drug-likeness (QED) is 0.740. The number of Topliss-reactive ketones (excluding diaryl/α,β-unsaturated/α-hetero) is 1. The highest BCUT2D eigenvalue weighted by atomic mass is 19.2. The van der Waals surface area contributed by atoms with E-state index in [4.69, 9.17) is 0 Å². The number of rotatable bonds is 3. The van der Waals surface area contributed by atoms with Crippen LogP contribution in [0.2, 0.25) is 0 Å². The van der Waals surface area contributed by atoms with E-state index in [2.05, 4.69) is 10.3 Å². The molecule has 0 radical (unpaired) electrons. The lowest BCUT2D eigenvalue weighted by atomic mass is 9.50. The first-order valence-electron chi connectivity index (χ1n) is 10.5. The van der Waals surface area contributed by atoms with Crippen molar-refractivity contribution in [3.8, 4) is 0 Å². The summed E-state index contributed by atoms with van der Waals surface area (Å²) in [5.74, 6) is 1.88. The predicted molar refractivity (Wildman–Crippen MR) is 98.8 cm³/mol. The van der Waals surface area contributed by atoms with Gasteiger partial charge in [0.15, 0.2) is 5.78 Å². The Labute approximate surface area is 158 Å². The van der Waals surface area contributed by atoms with Gasteiger partial charge < -0.3 is 5.32 Å². The molecule has 6 aliphatic rings. The minimum Gasteiger partial charge on any atom is -0.364 e. The second-order valence-corrected chi connectivity index (χ2v) is 10.3. The van der Waals surface area contributed by atoms with E-state index in [-0.39, 0.29) is 18.1 Å². The summed E-state index contributed by atoms with van der Waals surface area (Å²) in [6, 6.07) is 0. The van der Waals surface area contributed by atoms with E-state index in [0.29, 0.717) is 37.5 Å². The zero-order chi connectivity index (χ0) is 18.6. The van der Waals surface area contributed by atoms with E-state index in [1.165, 1.54) is 11.1 Å². The van der Waals surface area contributed by atoms with Crippen LogP contribution in [0.5, 0.6) is 0 Å². The fraction of sp³-hybridized carbons (Fsp3) is 0.727. The maximum Gasteiger partial charge on any atom is 0.161 e.